The molecule has 6 rings (SSSR count). The molecule has 0 aliphatic carbocycles. The maximum absolute atomic E-state index is 13.7. The van der Waals surface area contributed by atoms with E-state index in [1.165, 1.54) is 5.39 Å². The molecule has 6 aromatic rings. The van der Waals surface area contributed by atoms with Crippen molar-refractivity contribution in [1.82, 2.24) is 0 Å². The van der Waals surface area contributed by atoms with E-state index in [1.807, 2.05) is 63.2 Å². The van der Waals surface area contributed by atoms with Crippen molar-refractivity contribution in [2.75, 3.05) is 14.2 Å². The molecule has 0 radical (unpaired) electrons. The Bertz CT molecular complexity index is 2040. The molecule has 0 bridgehead atoms. The van der Waals surface area contributed by atoms with E-state index in [9.17, 15) is 9.70 Å². The number of esters is 1. The Labute approximate surface area is 276 Å². The van der Waals surface area contributed by atoms with Gasteiger partial charge < -0.3 is 14.2 Å². The molecule has 0 saturated heterocycles. The number of carbonyl (C=O) groups is 1. The monoisotopic (exact) mass is 627 g/mol. The summed E-state index contributed by atoms with van der Waals surface area (Å²) in [7, 11) is 3.29. The molecule has 0 aliphatic rings. The van der Waals surface area contributed by atoms with Crippen LogP contribution < -0.4 is 9.47 Å². The lowest BCUT2D eigenvalue weighted by molar-refractivity contribution is -0.154. The Kier molecular flexibility index (Phi) is 8.87. The predicted molar refractivity (Wildman–Crippen MR) is 190 cm³/mol. The van der Waals surface area contributed by atoms with Gasteiger partial charge in [0.05, 0.1) is 14.2 Å². The third-order valence-electron chi connectivity index (χ3n) is 8.99. The number of nitroso groups, excluding NO2 is 1. The van der Waals surface area contributed by atoms with Crippen LogP contribution in [0.3, 0.4) is 0 Å². The number of hydrogen-bond donors (Lipinski definition) is 0. The predicted octanol–water partition coefficient (Wildman–Crippen LogP) is 10.1. The van der Waals surface area contributed by atoms with Crippen molar-refractivity contribution >= 4 is 38.3 Å². The van der Waals surface area contributed by atoms with E-state index in [4.69, 9.17) is 14.2 Å². The Morgan fingerprint density at radius 1 is 0.702 bits per heavy atom. The maximum Gasteiger partial charge on any atom is 0.306 e. The quantitative estimate of drug-likeness (QED) is 0.0444. The molecule has 0 N–H and O–H groups in total. The molecular weight excluding hydrogens is 586 g/mol. The second-order valence-electron chi connectivity index (χ2n) is 13.2. The molecule has 1 atom stereocenters. The van der Waals surface area contributed by atoms with Gasteiger partial charge in [0.25, 0.3) is 0 Å². The van der Waals surface area contributed by atoms with Crippen LogP contribution in [0.5, 0.6) is 11.5 Å². The number of aryl methyl sites for hydroxylation is 1. The van der Waals surface area contributed by atoms with E-state index >= 15 is 0 Å². The zero-order chi connectivity index (χ0) is 33.2. The van der Waals surface area contributed by atoms with Crippen LogP contribution in [0.15, 0.2) is 102 Å². The van der Waals surface area contributed by atoms with Gasteiger partial charge in [0.2, 0.25) is 0 Å². The number of unbranched alkanes of at least 4 members (excludes halogenated alkanes) is 2. The zero-order valence-corrected chi connectivity index (χ0v) is 27.8. The number of hydrogen-bond acceptors (Lipinski definition) is 6. The summed E-state index contributed by atoms with van der Waals surface area (Å²) in [6.45, 7) is 5.65. The first-order valence-electron chi connectivity index (χ1n) is 16.2. The standard InChI is InChI=1S/C41H41NO5/c1-40(2,3)47-37(43)16-8-6-7-11-29-25-32(21-24-36(29)46-5)41(42-44,31-19-22-33(45-4)23-20-31)35-26-30-14-9-12-27-17-18-28-13-10-15-34(35)39(28)38(27)30/h9-10,12-15,17-26H,6-8,11,16H2,1-5H3. The first-order chi connectivity index (χ1) is 22.7. The highest BCUT2D eigenvalue weighted by Crippen LogP contribution is 2.48. The Morgan fingerprint density at radius 2 is 1.38 bits per heavy atom. The molecule has 0 aromatic heterocycles. The molecule has 0 spiro atoms. The lowest BCUT2D eigenvalue weighted by Crippen LogP contribution is -2.27. The summed E-state index contributed by atoms with van der Waals surface area (Å²) in [5.41, 5.74) is 1.47. The van der Waals surface area contributed by atoms with E-state index in [-0.39, 0.29) is 5.97 Å². The Morgan fingerprint density at radius 3 is 2.06 bits per heavy atom. The van der Waals surface area contributed by atoms with Gasteiger partial charge in [-0.3, -0.25) is 4.79 Å². The summed E-state index contributed by atoms with van der Waals surface area (Å²) < 4.78 is 16.7. The number of rotatable bonds is 12. The molecule has 1 unspecified atom stereocenters. The largest absolute Gasteiger partial charge is 0.497 e. The lowest BCUT2D eigenvalue weighted by Gasteiger charge is -2.31. The van der Waals surface area contributed by atoms with Crippen molar-refractivity contribution in [3.63, 3.8) is 0 Å². The summed E-state index contributed by atoms with van der Waals surface area (Å²) in [4.78, 5) is 25.9. The van der Waals surface area contributed by atoms with Crippen LogP contribution in [0.4, 0.5) is 0 Å². The molecule has 0 fully saturated rings. The van der Waals surface area contributed by atoms with Gasteiger partial charge in [0.1, 0.15) is 17.1 Å². The fourth-order valence-corrected chi connectivity index (χ4v) is 6.88. The van der Waals surface area contributed by atoms with Crippen LogP contribution in [0.25, 0.3) is 32.3 Å². The average molecular weight is 628 g/mol. The second-order valence-corrected chi connectivity index (χ2v) is 13.2. The van der Waals surface area contributed by atoms with Gasteiger partial charge >= 0.3 is 5.97 Å². The lowest BCUT2D eigenvalue weighted by atomic mass is 9.74. The molecule has 0 aliphatic heterocycles. The van der Waals surface area contributed by atoms with Crippen molar-refractivity contribution in [3.8, 4) is 11.5 Å². The van der Waals surface area contributed by atoms with Crippen LogP contribution in [-0.2, 0) is 21.5 Å². The minimum absolute atomic E-state index is 0.175. The SMILES string of the molecule is COc1ccc(C(N=O)(c2ccc(OC)c(CCCCCC(=O)OC(C)(C)C)c2)c2cc3cccc4ccc5cccc2c5c43)cc1. The molecule has 6 nitrogen and oxygen atoms in total. The van der Waals surface area contributed by atoms with Gasteiger partial charge in [0.15, 0.2) is 5.54 Å². The summed E-state index contributed by atoms with van der Waals surface area (Å²) in [5.74, 6) is 1.28. The van der Waals surface area contributed by atoms with Crippen LogP contribution in [0.2, 0.25) is 0 Å². The minimum Gasteiger partial charge on any atom is -0.497 e. The number of carbonyl (C=O) groups excluding carboxylic acids is 1. The topological polar surface area (TPSA) is 74.2 Å². The van der Waals surface area contributed by atoms with E-state index < -0.39 is 11.1 Å². The van der Waals surface area contributed by atoms with Gasteiger partial charge in [-0.05, 0) is 125 Å². The van der Waals surface area contributed by atoms with Gasteiger partial charge in [-0.2, -0.15) is 0 Å². The Hall–Kier alpha value is -4.97. The highest BCUT2D eigenvalue weighted by molar-refractivity contribution is 6.24. The number of ether oxygens (including phenoxy) is 3. The molecule has 6 heteroatoms. The molecule has 0 heterocycles. The zero-order valence-electron chi connectivity index (χ0n) is 27.8. The number of nitrogens with zero attached hydrogens (tertiary/aromatic N) is 1. The fourth-order valence-electron chi connectivity index (χ4n) is 6.88. The second kappa shape index (κ2) is 13.0. The fraction of sp³-hybridized carbons (Fsp3) is 0.293. The van der Waals surface area contributed by atoms with Crippen molar-refractivity contribution < 1.29 is 19.0 Å². The average Bonchev–Trinajstić information content (AvgIpc) is 3.07. The van der Waals surface area contributed by atoms with E-state index in [2.05, 4.69) is 59.8 Å². The van der Waals surface area contributed by atoms with Crippen molar-refractivity contribution in [1.29, 1.82) is 0 Å². The summed E-state index contributed by atoms with van der Waals surface area (Å²) in [5, 5.41) is 10.7. The van der Waals surface area contributed by atoms with Crippen LogP contribution in [0, 0.1) is 4.91 Å². The van der Waals surface area contributed by atoms with E-state index in [1.54, 1.807) is 14.2 Å². The normalized spacial score (nSPS) is 13.1. The van der Waals surface area contributed by atoms with Crippen LogP contribution in [0.1, 0.15) is 68.7 Å². The summed E-state index contributed by atoms with van der Waals surface area (Å²) >= 11 is 0. The highest BCUT2D eigenvalue weighted by atomic mass is 16.6. The molecule has 0 amide bonds. The van der Waals surface area contributed by atoms with Gasteiger partial charge in [-0.15, -0.1) is 4.91 Å². The highest BCUT2D eigenvalue weighted by Gasteiger charge is 2.41. The van der Waals surface area contributed by atoms with Gasteiger partial charge in [-0.1, -0.05) is 73.2 Å². The van der Waals surface area contributed by atoms with Gasteiger partial charge in [0, 0.05) is 12.0 Å². The molecule has 6 aromatic carbocycles. The number of methoxy groups -OCH3 is 2. The first kappa shape index (κ1) is 32.0. The molecular formula is C41H41NO5. The summed E-state index contributed by atoms with van der Waals surface area (Å²) in [6, 6.07) is 32.6. The van der Waals surface area contributed by atoms with Crippen molar-refractivity contribution in [2.45, 2.75) is 64.0 Å². The summed E-state index contributed by atoms with van der Waals surface area (Å²) in [6.07, 6.45) is 3.56. The van der Waals surface area contributed by atoms with E-state index in [0.717, 1.165) is 80.6 Å². The molecule has 47 heavy (non-hydrogen) atoms. The molecule has 0 saturated carbocycles. The minimum atomic E-state index is -1.37. The first-order valence-corrected chi connectivity index (χ1v) is 16.2. The van der Waals surface area contributed by atoms with Crippen LogP contribution in [-0.4, -0.2) is 25.8 Å². The van der Waals surface area contributed by atoms with Crippen molar-refractivity contribution in [2.24, 2.45) is 5.18 Å². The Balaban J connectivity index is 1.47. The molecule has 240 valence electrons. The van der Waals surface area contributed by atoms with E-state index in [0.29, 0.717) is 12.2 Å². The van der Waals surface area contributed by atoms with Crippen molar-refractivity contribution in [3.05, 3.63) is 124 Å². The third-order valence-corrected chi connectivity index (χ3v) is 8.99. The number of benzene rings is 6. The van der Waals surface area contributed by atoms with Gasteiger partial charge in [-0.25, -0.2) is 0 Å². The third kappa shape index (κ3) is 6.12. The smallest absolute Gasteiger partial charge is 0.306 e. The maximum atomic E-state index is 13.7. The van der Waals surface area contributed by atoms with Crippen LogP contribution >= 0.6 is 0 Å².